The maximum absolute atomic E-state index is 9.58. The molecular formula is C5H3O3. The first-order chi connectivity index (χ1) is 3.93. The lowest BCUT2D eigenvalue weighted by molar-refractivity contribution is -0.121. The van der Waals surface area contributed by atoms with Crippen molar-refractivity contribution in [3.8, 4) is 5.95 Å². The van der Waals surface area contributed by atoms with Crippen LogP contribution in [0, 0.1) is 6.07 Å². The Morgan fingerprint density at radius 1 is 1.88 bits per heavy atom. The van der Waals surface area contributed by atoms with Gasteiger partial charge in [-0.1, -0.05) is 0 Å². The topological polar surface area (TPSA) is 39.4 Å². The SMILES string of the molecule is O=COc1c[c]co1. The summed E-state index contributed by atoms with van der Waals surface area (Å²) in [4.78, 5) is 9.58. The fourth-order valence-electron chi connectivity index (χ4n) is 0.337. The molecule has 3 heteroatoms. The van der Waals surface area contributed by atoms with Gasteiger partial charge in [0.25, 0.3) is 5.95 Å². The molecule has 1 aromatic rings. The molecule has 0 N–H and O–H groups in total. The van der Waals surface area contributed by atoms with Crippen molar-refractivity contribution in [3.05, 3.63) is 18.4 Å². The van der Waals surface area contributed by atoms with E-state index < -0.39 is 0 Å². The molecule has 0 aliphatic heterocycles. The van der Waals surface area contributed by atoms with Crippen LogP contribution in [0.15, 0.2) is 16.7 Å². The van der Waals surface area contributed by atoms with E-state index in [2.05, 4.69) is 15.2 Å². The summed E-state index contributed by atoms with van der Waals surface area (Å²) in [5, 5.41) is 0. The van der Waals surface area contributed by atoms with Gasteiger partial charge in [-0.25, -0.2) is 0 Å². The van der Waals surface area contributed by atoms with Crippen molar-refractivity contribution in [3.63, 3.8) is 0 Å². The second-order valence-electron chi connectivity index (χ2n) is 1.08. The zero-order chi connectivity index (χ0) is 5.82. The number of hydrogen-bond acceptors (Lipinski definition) is 3. The van der Waals surface area contributed by atoms with Gasteiger partial charge in [-0.2, -0.15) is 0 Å². The Kier molecular flexibility index (Phi) is 1.32. The molecule has 1 aromatic heterocycles. The maximum Gasteiger partial charge on any atom is 0.300 e. The van der Waals surface area contributed by atoms with E-state index in [-0.39, 0.29) is 5.95 Å². The molecule has 0 aliphatic rings. The molecule has 8 heavy (non-hydrogen) atoms. The molecule has 3 nitrogen and oxygen atoms in total. The molecule has 1 radical (unpaired) electrons. The van der Waals surface area contributed by atoms with Crippen LogP contribution >= 0.6 is 0 Å². The molecular weight excluding hydrogens is 108 g/mol. The van der Waals surface area contributed by atoms with Crippen LogP contribution in [-0.4, -0.2) is 6.47 Å². The van der Waals surface area contributed by atoms with Gasteiger partial charge in [0, 0.05) is 12.1 Å². The molecule has 0 unspecified atom stereocenters. The Bertz CT molecular complexity index is 154. The Morgan fingerprint density at radius 3 is 3.25 bits per heavy atom. The highest BCUT2D eigenvalue weighted by atomic mass is 16.6. The zero-order valence-electron chi connectivity index (χ0n) is 3.96. The van der Waals surface area contributed by atoms with Crippen LogP contribution in [0.1, 0.15) is 0 Å². The number of furan rings is 1. The van der Waals surface area contributed by atoms with Crippen molar-refractivity contribution in [1.29, 1.82) is 0 Å². The maximum atomic E-state index is 9.58. The van der Waals surface area contributed by atoms with Gasteiger partial charge in [0.05, 0.1) is 0 Å². The number of carbonyl (C=O) groups excluding carboxylic acids is 1. The van der Waals surface area contributed by atoms with Gasteiger partial charge in [-0.05, 0) is 0 Å². The fraction of sp³-hybridized carbons (Fsp3) is 0. The van der Waals surface area contributed by atoms with Crippen LogP contribution in [0.2, 0.25) is 0 Å². The molecule has 0 spiro atoms. The molecule has 0 aromatic carbocycles. The van der Waals surface area contributed by atoms with E-state index in [4.69, 9.17) is 0 Å². The summed E-state index contributed by atoms with van der Waals surface area (Å²) >= 11 is 0. The minimum absolute atomic E-state index is 0.167. The van der Waals surface area contributed by atoms with Gasteiger partial charge in [0.15, 0.2) is 0 Å². The molecule has 0 fully saturated rings. The minimum Gasteiger partial charge on any atom is -0.433 e. The first-order valence-electron chi connectivity index (χ1n) is 1.98. The molecule has 0 aliphatic carbocycles. The monoisotopic (exact) mass is 111 g/mol. The van der Waals surface area contributed by atoms with Crippen LogP contribution < -0.4 is 4.74 Å². The average Bonchev–Trinajstić information content (AvgIpc) is 2.19. The largest absolute Gasteiger partial charge is 0.433 e. The van der Waals surface area contributed by atoms with Crippen molar-refractivity contribution in [2.24, 2.45) is 0 Å². The molecule has 0 saturated carbocycles. The zero-order valence-corrected chi connectivity index (χ0v) is 3.96. The molecule has 0 saturated heterocycles. The Labute approximate surface area is 45.9 Å². The highest BCUT2D eigenvalue weighted by Crippen LogP contribution is 2.06. The predicted octanol–water partition coefficient (Wildman–Crippen LogP) is 0.615. The Hall–Kier alpha value is -1.25. The lowest BCUT2D eigenvalue weighted by Gasteiger charge is -1.83. The molecule has 1 heterocycles. The van der Waals surface area contributed by atoms with Crippen LogP contribution in [0.5, 0.6) is 5.95 Å². The normalized spacial score (nSPS) is 8.50. The van der Waals surface area contributed by atoms with E-state index in [9.17, 15) is 4.79 Å². The summed E-state index contributed by atoms with van der Waals surface area (Å²) in [6.45, 7) is 0.298. The minimum atomic E-state index is 0.167. The lowest BCUT2D eigenvalue weighted by atomic mass is 10.7. The standard InChI is InChI=1S/C5H3O3/c6-4-8-5-2-1-3-7-5/h2-4H. The number of rotatable bonds is 2. The van der Waals surface area contributed by atoms with Gasteiger partial charge in [-0.3, -0.25) is 4.79 Å². The van der Waals surface area contributed by atoms with Crippen molar-refractivity contribution in [2.45, 2.75) is 0 Å². The summed E-state index contributed by atoms with van der Waals surface area (Å²) in [6, 6.07) is 3.99. The number of carbonyl (C=O) groups is 1. The van der Waals surface area contributed by atoms with Crippen molar-refractivity contribution in [1.82, 2.24) is 0 Å². The predicted molar refractivity (Wildman–Crippen MR) is 24.2 cm³/mol. The molecule has 0 bridgehead atoms. The summed E-state index contributed by atoms with van der Waals surface area (Å²) in [7, 11) is 0. The molecule has 41 valence electrons. The summed E-state index contributed by atoms with van der Waals surface area (Å²) in [5.74, 6) is 0.167. The number of hydrogen-bond donors (Lipinski definition) is 0. The first kappa shape index (κ1) is 4.90. The average molecular weight is 111 g/mol. The van der Waals surface area contributed by atoms with Crippen molar-refractivity contribution >= 4 is 6.47 Å². The number of ether oxygens (including phenoxy) is 1. The van der Waals surface area contributed by atoms with Crippen LogP contribution in [-0.2, 0) is 4.79 Å². The molecule has 1 rings (SSSR count). The van der Waals surface area contributed by atoms with Gasteiger partial charge in [0.2, 0.25) is 0 Å². The van der Waals surface area contributed by atoms with Gasteiger partial charge in [0.1, 0.15) is 6.26 Å². The van der Waals surface area contributed by atoms with Gasteiger partial charge < -0.3 is 9.15 Å². The highest BCUT2D eigenvalue weighted by molar-refractivity contribution is 5.41. The quantitative estimate of drug-likeness (QED) is 0.525. The third-order valence-electron chi connectivity index (χ3n) is 0.609. The van der Waals surface area contributed by atoms with Crippen molar-refractivity contribution < 1.29 is 13.9 Å². The highest BCUT2D eigenvalue weighted by Gasteiger charge is 1.89. The second-order valence-corrected chi connectivity index (χ2v) is 1.08. The van der Waals surface area contributed by atoms with E-state index in [1.807, 2.05) is 0 Å². The van der Waals surface area contributed by atoms with Crippen LogP contribution in [0.25, 0.3) is 0 Å². The van der Waals surface area contributed by atoms with Crippen LogP contribution in [0.3, 0.4) is 0 Å². The lowest BCUT2D eigenvalue weighted by Crippen LogP contribution is -1.83. The van der Waals surface area contributed by atoms with Crippen molar-refractivity contribution in [2.75, 3.05) is 0 Å². The van der Waals surface area contributed by atoms with Gasteiger partial charge >= 0.3 is 6.47 Å². The Balaban J connectivity index is 2.62. The van der Waals surface area contributed by atoms with Crippen LogP contribution in [0.4, 0.5) is 0 Å². The van der Waals surface area contributed by atoms with E-state index in [1.165, 1.54) is 12.3 Å². The van der Waals surface area contributed by atoms with E-state index in [0.717, 1.165) is 0 Å². The molecule has 0 amide bonds. The fourth-order valence-corrected chi connectivity index (χ4v) is 0.337. The summed E-state index contributed by atoms with van der Waals surface area (Å²) < 4.78 is 8.83. The van der Waals surface area contributed by atoms with E-state index in [0.29, 0.717) is 6.47 Å². The summed E-state index contributed by atoms with van der Waals surface area (Å²) in [6.07, 6.45) is 1.30. The Morgan fingerprint density at radius 2 is 2.75 bits per heavy atom. The third-order valence-corrected chi connectivity index (χ3v) is 0.609. The summed E-state index contributed by atoms with van der Waals surface area (Å²) in [5.41, 5.74) is 0. The smallest absolute Gasteiger partial charge is 0.300 e. The second kappa shape index (κ2) is 2.16. The van der Waals surface area contributed by atoms with E-state index >= 15 is 0 Å². The molecule has 0 atom stereocenters. The van der Waals surface area contributed by atoms with Gasteiger partial charge in [-0.15, -0.1) is 0 Å². The third kappa shape index (κ3) is 0.872. The first-order valence-corrected chi connectivity index (χ1v) is 1.98. The van der Waals surface area contributed by atoms with E-state index in [1.54, 1.807) is 0 Å².